The van der Waals surface area contributed by atoms with Gasteiger partial charge in [0, 0.05) is 40.2 Å². The van der Waals surface area contributed by atoms with Crippen LogP contribution in [0, 0.1) is 13.8 Å². The molecule has 0 atom stereocenters. The summed E-state index contributed by atoms with van der Waals surface area (Å²) in [5, 5.41) is 2.19. The van der Waals surface area contributed by atoms with Gasteiger partial charge in [-0.05, 0) is 60.4 Å². The number of aryl methyl sites for hydroxylation is 2. The van der Waals surface area contributed by atoms with E-state index in [2.05, 4.69) is 94.2 Å². The quantitative estimate of drug-likeness (QED) is 0.177. The van der Waals surface area contributed by atoms with Crippen molar-refractivity contribution in [1.82, 2.24) is 0 Å². The van der Waals surface area contributed by atoms with E-state index in [9.17, 15) is 4.79 Å². The van der Waals surface area contributed by atoms with Crippen LogP contribution in [0.5, 0.6) is 0 Å². The van der Waals surface area contributed by atoms with Crippen molar-refractivity contribution < 1.29 is 4.79 Å². The monoisotopic (exact) mass is 630 g/mol. The zero-order chi connectivity index (χ0) is 25.0. The van der Waals surface area contributed by atoms with Crippen LogP contribution in [0.1, 0.15) is 25.7 Å². The number of fused-ring (bicyclic) bond motifs is 2. The number of benzene rings is 4. The van der Waals surface area contributed by atoms with Gasteiger partial charge in [0.1, 0.15) is 0 Å². The molecular formula is C31H20Br2OS2. The Balaban J connectivity index is 1.70. The fraction of sp³-hybridized carbons (Fsp3) is 0.0645. The molecule has 2 heterocycles. The first-order valence-corrected chi connectivity index (χ1v) is 14.8. The molecule has 0 spiro atoms. The van der Waals surface area contributed by atoms with Crippen molar-refractivity contribution >= 4 is 80.5 Å². The summed E-state index contributed by atoms with van der Waals surface area (Å²) >= 11 is 10.7. The maximum Gasteiger partial charge on any atom is 0.214 e. The minimum absolute atomic E-state index is 0.0766. The second kappa shape index (κ2) is 9.38. The molecule has 0 radical (unpaired) electrons. The van der Waals surface area contributed by atoms with Gasteiger partial charge in [-0.2, -0.15) is 0 Å². The molecule has 0 amide bonds. The van der Waals surface area contributed by atoms with Crippen molar-refractivity contribution in [3.05, 3.63) is 115 Å². The Bertz CT molecular complexity index is 1680. The van der Waals surface area contributed by atoms with Gasteiger partial charge in [-0.15, -0.1) is 22.7 Å². The van der Waals surface area contributed by atoms with Gasteiger partial charge in [0.15, 0.2) is 0 Å². The van der Waals surface area contributed by atoms with Crippen LogP contribution in [-0.4, -0.2) is 5.78 Å². The molecule has 4 aromatic carbocycles. The summed E-state index contributed by atoms with van der Waals surface area (Å²) in [6.07, 6.45) is 0. The molecule has 0 aliphatic heterocycles. The van der Waals surface area contributed by atoms with E-state index in [1.165, 1.54) is 0 Å². The van der Waals surface area contributed by atoms with Crippen LogP contribution in [0.3, 0.4) is 0 Å². The van der Waals surface area contributed by atoms with Crippen LogP contribution in [-0.2, 0) is 0 Å². The van der Waals surface area contributed by atoms with Crippen LogP contribution < -0.4 is 0 Å². The molecule has 6 aromatic rings. The summed E-state index contributed by atoms with van der Waals surface area (Å²) in [6, 6.07) is 29.0. The fourth-order valence-corrected chi connectivity index (χ4v) is 8.69. The number of carbonyl (C=O) groups is 1. The number of rotatable bonds is 4. The van der Waals surface area contributed by atoms with Gasteiger partial charge in [-0.1, -0.05) is 92.5 Å². The minimum atomic E-state index is 0.0766. The molecular weight excluding hydrogens is 612 g/mol. The van der Waals surface area contributed by atoms with E-state index in [1.807, 2.05) is 36.4 Å². The highest BCUT2D eigenvalue weighted by atomic mass is 79.9. The van der Waals surface area contributed by atoms with Crippen molar-refractivity contribution in [1.29, 1.82) is 0 Å². The Hall–Kier alpha value is -2.57. The summed E-state index contributed by atoms with van der Waals surface area (Å²) in [7, 11) is 0. The van der Waals surface area contributed by atoms with Gasteiger partial charge < -0.3 is 0 Å². The van der Waals surface area contributed by atoms with E-state index in [0.717, 1.165) is 72.3 Å². The number of halogens is 2. The zero-order valence-electron chi connectivity index (χ0n) is 19.6. The van der Waals surface area contributed by atoms with Gasteiger partial charge in [0.05, 0.1) is 9.75 Å². The van der Waals surface area contributed by atoms with Crippen LogP contribution in [0.15, 0.2) is 93.9 Å². The molecule has 36 heavy (non-hydrogen) atoms. The Morgan fingerprint density at radius 1 is 0.583 bits per heavy atom. The summed E-state index contributed by atoms with van der Waals surface area (Å²) in [5.41, 5.74) is 6.52. The molecule has 6 rings (SSSR count). The van der Waals surface area contributed by atoms with E-state index in [-0.39, 0.29) is 5.78 Å². The highest BCUT2D eigenvalue weighted by molar-refractivity contribution is 9.11. The van der Waals surface area contributed by atoms with E-state index in [1.54, 1.807) is 22.7 Å². The van der Waals surface area contributed by atoms with Crippen molar-refractivity contribution in [3.63, 3.8) is 0 Å². The fourth-order valence-electron chi connectivity index (χ4n) is 4.86. The third-order valence-electron chi connectivity index (χ3n) is 6.57. The first kappa shape index (κ1) is 23.8. The molecule has 2 aromatic heterocycles. The SMILES string of the molecule is Cc1ccccc1-c1c(C(=O)c2sc3cccc(Br)c3c2-c2ccccc2C)sc2cccc(Br)c12. The second-order valence-corrected chi connectivity index (χ2v) is 12.6. The third-order valence-corrected chi connectivity index (χ3v) is 10.2. The average molecular weight is 632 g/mol. The van der Waals surface area contributed by atoms with E-state index in [4.69, 9.17) is 0 Å². The Kier molecular flexibility index (Phi) is 6.21. The normalized spacial score (nSPS) is 11.4. The molecule has 0 bridgehead atoms. The molecule has 0 saturated carbocycles. The number of thiophene rings is 2. The zero-order valence-corrected chi connectivity index (χ0v) is 24.4. The molecule has 176 valence electrons. The Morgan fingerprint density at radius 2 is 1.00 bits per heavy atom. The molecule has 0 aliphatic carbocycles. The molecule has 0 aliphatic rings. The lowest BCUT2D eigenvalue weighted by Crippen LogP contribution is -2.01. The summed E-state index contributed by atoms with van der Waals surface area (Å²) in [6.45, 7) is 4.22. The lowest BCUT2D eigenvalue weighted by atomic mass is 9.93. The average Bonchev–Trinajstić information content (AvgIpc) is 3.45. The highest BCUT2D eigenvalue weighted by Crippen LogP contribution is 2.48. The second-order valence-electron chi connectivity index (χ2n) is 8.80. The largest absolute Gasteiger partial charge is 0.287 e. The predicted octanol–water partition coefficient (Wildman–Crippen LogP) is 10.8. The molecule has 5 heteroatoms. The number of hydrogen-bond acceptors (Lipinski definition) is 3. The van der Waals surface area contributed by atoms with Crippen molar-refractivity contribution in [2.75, 3.05) is 0 Å². The van der Waals surface area contributed by atoms with Gasteiger partial charge in [0.2, 0.25) is 5.78 Å². The predicted molar refractivity (Wildman–Crippen MR) is 163 cm³/mol. The third kappa shape index (κ3) is 3.81. The van der Waals surface area contributed by atoms with E-state index < -0.39 is 0 Å². The molecule has 0 saturated heterocycles. The topological polar surface area (TPSA) is 17.1 Å². The van der Waals surface area contributed by atoms with Crippen LogP contribution in [0.4, 0.5) is 0 Å². The van der Waals surface area contributed by atoms with Crippen LogP contribution in [0.2, 0.25) is 0 Å². The van der Waals surface area contributed by atoms with E-state index in [0.29, 0.717) is 0 Å². The standard InChI is InChI=1S/C31H20Br2OS2/c1-17-9-3-5-11-19(17)25-27-21(32)13-7-15-23(27)35-30(25)29(34)31-26(20-12-6-4-10-18(20)2)28-22(33)14-8-16-24(28)36-31/h3-16H,1-2H3. The maximum atomic E-state index is 14.6. The van der Waals surface area contributed by atoms with Crippen molar-refractivity contribution in [2.45, 2.75) is 13.8 Å². The van der Waals surface area contributed by atoms with Crippen LogP contribution in [0.25, 0.3) is 42.4 Å². The molecule has 0 unspecified atom stereocenters. The van der Waals surface area contributed by atoms with Crippen molar-refractivity contribution in [2.24, 2.45) is 0 Å². The van der Waals surface area contributed by atoms with Gasteiger partial charge in [-0.25, -0.2) is 0 Å². The van der Waals surface area contributed by atoms with Gasteiger partial charge in [-0.3, -0.25) is 4.79 Å². The number of hydrogen-bond donors (Lipinski definition) is 0. The molecule has 0 N–H and O–H groups in total. The van der Waals surface area contributed by atoms with E-state index >= 15 is 0 Å². The number of carbonyl (C=O) groups excluding carboxylic acids is 1. The highest BCUT2D eigenvalue weighted by Gasteiger charge is 2.28. The number of ketones is 1. The lowest BCUT2D eigenvalue weighted by Gasteiger charge is -2.11. The summed E-state index contributed by atoms with van der Waals surface area (Å²) < 4.78 is 4.22. The van der Waals surface area contributed by atoms with Gasteiger partial charge >= 0.3 is 0 Å². The molecule has 0 fully saturated rings. The minimum Gasteiger partial charge on any atom is -0.287 e. The molecule has 1 nitrogen and oxygen atoms in total. The first-order chi connectivity index (χ1) is 17.5. The van der Waals surface area contributed by atoms with Crippen LogP contribution >= 0.6 is 54.5 Å². The maximum absolute atomic E-state index is 14.6. The summed E-state index contributed by atoms with van der Waals surface area (Å²) in [4.78, 5) is 16.2. The smallest absolute Gasteiger partial charge is 0.214 e. The van der Waals surface area contributed by atoms with Crippen molar-refractivity contribution in [3.8, 4) is 22.3 Å². The first-order valence-electron chi connectivity index (χ1n) is 11.5. The summed E-state index contributed by atoms with van der Waals surface area (Å²) in [5.74, 6) is 0.0766. The lowest BCUT2D eigenvalue weighted by molar-refractivity contribution is 0.104. The Morgan fingerprint density at radius 3 is 1.42 bits per heavy atom. The van der Waals surface area contributed by atoms with Gasteiger partial charge in [0.25, 0.3) is 0 Å². The Labute approximate surface area is 234 Å².